The van der Waals surface area contributed by atoms with Crippen LogP contribution in [0.4, 0.5) is 11.5 Å². The number of nitrogens with zero attached hydrogens (tertiary/aromatic N) is 5. The molecular weight excluding hydrogens is 210 g/mol. The Morgan fingerprint density at radius 2 is 2.31 bits per heavy atom. The van der Waals surface area contributed by atoms with Crippen molar-refractivity contribution < 1.29 is 4.79 Å². The standard InChI is InChI=1S/C8H11N7O/c1-3-5-11-7(9-2)6(10-4-16)8-12-13-14-15(5)8/h4,9H,3H2,1-2H3,(H,10,16). The van der Waals surface area contributed by atoms with Crippen LogP contribution in [-0.4, -0.2) is 38.5 Å². The highest BCUT2D eigenvalue weighted by molar-refractivity contribution is 5.88. The zero-order chi connectivity index (χ0) is 11.5. The van der Waals surface area contributed by atoms with Gasteiger partial charge in [0.25, 0.3) is 0 Å². The van der Waals surface area contributed by atoms with Crippen molar-refractivity contribution in [2.24, 2.45) is 0 Å². The SMILES string of the molecule is CCc1nc(NC)c(NC=O)c2nnnn12. The van der Waals surface area contributed by atoms with Gasteiger partial charge in [0.2, 0.25) is 12.1 Å². The van der Waals surface area contributed by atoms with Gasteiger partial charge in [0, 0.05) is 13.5 Å². The number of nitrogens with one attached hydrogen (secondary N) is 2. The van der Waals surface area contributed by atoms with E-state index in [2.05, 4.69) is 31.1 Å². The van der Waals surface area contributed by atoms with E-state index in [1.54, 1.807) is 7.05 Å². The summed E-state index contributed by atoms with van der Waals surface area (Å²) in [6.45, 7) is 1.95. The molecule has 0 spiro atoms. The highest BCUT2D eigenvalue weighted by Gasteiger charge is 2.14. The Labute approximate surface area is 91.1 Å². The fourth-order valence-corrected chi connectivity index (χ4v) is 1.46. The quantitative estimate of drug-likeness (QED) is 0.687. The molecule has 0 aromatic carbocycles. The van der Waals surface area contributed by atoms with Crippen LogP contribution in [0.15, 0.2) is 0 Å². The summed E-state index contributed by atoms with van der Waals surface area (Å²) in [6.07, 6.45) is 1.26. The van der Waals surface area contributed by atoms with Crippen molar-refractivity contribution in [3.8, 4) is 0 Å². The summed E-state index contributed by atoms with van der Waals surface area (Å²) < 4.78 is 1.51. The molecule has 0 aliphatic carbocycles. The molecule has 2 N–H and O–H groups in total. The van der Waals surface area contributed by atoms with E-state index in [0.717, 1.165) is 5.82 Å². The van der Waals surface area contributed by atoms with Gasteiger partial charge < -0.3 is 10.6 Å². The Bertz CT molecular complexity index is 520. The zero-order valence-electron chi connectivity index (χ0n) is 8.93. The number of carbonyl (C=O) groups excluding carboxylic acids is 1. The minimum absolute atomic E-state index is 0.472. The molecule has 0 aliphatic rings. The van der Waals surface area contributed by atoms with Crippen LogP contribution in [0.25, 0.3) is 5.65 Å². The molecule has 0 saturated carbocycles. The fourth-order valence-electron chi connectivity index (χ4n) is 1.46. The van der Waals surface area contributed by atoms with Crippen LogP contribution in [0.1, 0.15) is 12.7 Å². The predicted octanol–water partition coefficient (Wildman–Crippen LogP) is -0.308. The van der Waals surface area contributed by atoms with E-state index in [4.69, 9.17) is 0 Å². The molecule has 2 rings (SSSR count). The minimum Gasteiger partial charge on any atom is -0.371 e. The minimum atomic E-state index is 0.472. The molecule has 0 saturated heterocycles. The van der Waals surface area contributed by atoms with Crippen molar-refractivity contribution in [3.63, 3.8) is 0 Å². The molecule has 0 unspecified atom stereocenters. The molecule has 8 heteroatoms. The molecular formula is C8H11N7O. The summed E-state index contributed by atoms with van der Waals surface area (Å²) in [5.41, 5.74) is 0.947. The predicted molar refractivity (Wildman–Crippen MR) is 57.2 cm³/mol. The van der Waals surface area contributed by atoms with E-state index in [-0.39, 0.29) is 0 Å². The van der Waals surface area contributed by atoms with Crippen molar-refractivity contribution >= 4 is 23.6 Å². The maximum absolute atomic E-state index is 10.5. The lowest BCUT2D eigenvalue weighted by atomic mass is 10.4. The van der Waals surface area contributed by atoms with Gasteiger partial charge in [-0.1, -0.05) is 6.92 Å². The summed E-state index contributed by atoms with van der Waals surface area (Å²) in [4.78, 5) is 14.8. The lowest BCUT2D eigenvalue weighted by molar-refractivity contribution is -0.105. The van der Waals surface area contributed by atoms with Crippen LogP contribution in [0.2, 0.25) is 0 Å². The Morgan fingerprint density at radius 1 is 1.50 bits per heavy atom. The second-order valence-corrected chi connectivity index (χ2v) is 3.03. The van der Waals surface area contributed by atoms with Gasteiger partial charge in [-0.2, -0.15) is 4.52 Å². The van der Waals surface area contributed by atoms with E-state index < -0.39 is 0 Å². The lowest BCUT2D eigenvalue weighted by Crippen LogP contribution is -2.10. The third-order valence-corrected chi connectivity index (χ3v) is 2.17. The number of amides is 1. The van der Waals surface area contributed by atoms with E-state index in [9.17, 15) is 4.79 Å². The first-order valence-corrected chi connectivity index (χ1v) is 4.80. The molecule has 2 heterocycles. The third-order valence-electron chi connectivity index (χ3n) is 2.17. The molecule has 8 nitrogen and oxygen atoms in total. The second-order valence-electron chi connectivity index (χ2n) is 3.03. The fraction of sp³-hybridized carbons (Fsp3) is 0.375. The average Bonchev–Trinajstić information content (AvgIpc) is 2.78. The molecule has 1 amide bonds. The summed E-state index contributed by atoms with van der Waals surface area (Å²) in [6, 6.07) is 0. The largest absolute Gasteiger partial charge is 0.371 e. The number of fused-ring (bicyclic) bond motifs is 1. The zero-order valence-corrected chi connectivity index (χ0v) is 8.93. The van der Waals surface area contributed by atoms with E-state index >= 15 is 0 Å². The number of aromatic nitrogens is 5. The van der Waals surface area contributed by atoms with Gasteiger partial charge in [0.1, 0.15) is 11.5 Å². The lowest BCUT2D eigenvalue weighted by Gasteiger charge is -2.09. The van der Waals surface area contributed by atoms with Crippen LogP contribution in [-0.2, 0) is 11.2 Å². The van der Waals surface area contributed by atoms with E-state index in [0.29, 0.717) is 30.0 Å². The number of carbonyl (C=O) groups is 1. The molecule has 84 valence electrons. The van der Waals surface area contributed by atoms with Gasteiger partial charge in [-0.25, -0.2) is 4.98 Å². The van der Waals surface area contributed by atoms with Crippen molar-refractivity contribution in [2.75, 3.05) is 17.7 Å². The van der Waals surface area contributed by atoms with Crippen LogP contribution < -0.4 is 10.6 Å². The highest BCUT2D eigenvalue weighted by atomic mass is 16.1. The first-order valence-electron chi connectivity index (χ1n) is 4.80. The Balaban J connectivity index is 2.74. The summed E-state index contributed by atoms with van der Waals surface area (Å²) in [5.74, 6) is 1.27. The molecule has 0 atom stereocenters. The van der Waals surface area contributed by atoms with Gasteiger partial charge >= 0.3 is 0 Å². The molecule has 0 bridgehead atoms. The van der Waals surface area contributed by atoms with Gasteiger partial charge in [-0.15, -0.1) is 5.10 Å². The van der Waals surface area contributed by atoms with Crippen LogP contribution in [0.5, 0.6) is 0 Å². The van der Waals surface area contributed by atoms with Gasteiger partial charge in [-0.05, 0) is 10.4 Å². The first-order chi connectivity index (χ1) is 7.81. The summed E-state index contributed by atoms with van der Waals surface area (Å²) >= 11 is 0. The van der Waals surface area contributed by atoms with Crippen LogP contribution in [0.3, 0.4) is 0 Å². The maximum Gasteiger partial charge on any atom is 0.211 e. The van der Waals surface area contributed by atoms with Crippen molar-refractivity contribution in [1.29, 1.82) is 0 Å². The highest BCUT2D eigenvalue weighted by Crippen LogP contribution is 2.23. The van der Waals surface area contributed by atoms with Crippen molar-refractivity contribution in [1.82, 2.24) is 25.0 Å². The van der Waals surface area contributed by atoms with Crippen molar-refractivity contribution in [3.05, 3.63) is 5.82 Å². The molecule has 2 aromatic heterocycles. The summed E-state index contributed by atoms with van der Waals surface area (Å²) in [7, 11) is 1.72. The van der Waals surface area contributed by atoms with Crippen LogP contribution in [0, 0.1) is 0 Å². The molecule has 0 aliphatic heterocycles. The normalized spacial score (nSPS) is 10.4. The summed E-state index contributed by atoms with van der Waals surface area (Å²) in [5, 5.41) is 16.7. The number of rotatable bonds is 4. The number of anilines is 2. The van der Waals surface area contributed by atoms with Crippen molar-refractivity contribution in [2.45, 2.75) is 13.3 Å². The van der Waals surface area contributed by atoms with Crippen LogP contribution >= 0.6 is 0 Å². The third kappa shape index (κ3) is 1.44. The van der Waals surface area contributed by atoms with Gasteiger partial charge in [0.05, 0.1) is 0 Å². The number of hydrogen-bond donors (Lipinski definition) is 2. The smallest absolute Gasteiger partial charge is 0.211 e. The monoisotopic (exact) mass is 221 g/mol. The van der Waals surface area contributed by atoms with E-state index in [1.807, 2.05) is 6.92 Å². The number of aryl methyl sites for hydroxylation is 1. The maximum atomic E-state index is 10.5. The topological polar surface area (TPSA) is 97.1 Å². The van der Waals surface area contributed by atoms with Gasteiger partial charge in [-0.3, -0.25) is 4.79 Å². The number of hydrogen-bond acceptors (Lipinski definition) is 6. The molecule has 0 radical (unpaired) electrons. The van der Waals surface area contributed by atoms with Gasteiger partial charge in [0.15, 0.2) is 5.82 Å². The first kappa shape index (κ1) is 10.3. The second kappa shape index (κ2) is 4.09. The average molecular weight is 221 g/mol. The Hall–Kier alpha value is -2.25. The molecule has 0 fully saturated rings. The van der Waals surface area contributed by atoms with E-state index in [1.165, 1.54) is 4.52 Å². The number of tetrazole rings is 1. The Kier molecular flexibility index (Phi) is 2.63. The molecule has 2 aromatic rings. The molecule has 16 heavy (non-hydrogen) atoms. The Morgan fingerprint density at radius 3 is 2.94 bits per heavy atom.